The first kappa shape index (κ1) is 21.3. The number of imidazole rings is 1. The number of nitrogens with one attached hydrogen (secondary N) is 2. The Morgan fingerprint density at radius 3 is 2.74 bits per heavy atom. The number of halogens is 1. The number of hydrogen-bond acceptors (Lipinski definition) is 5. The van der Waals surface area contributed by atoms with Crippen molar-refractivity contribution < 1.29 is 17.5 Å². The van der Waals surface area contributed by atoms with Crippen molar-refractivity contribution in [2.45, 2.75) is 44.5 Å². The number of H-pyrrole nitrogens is 2. The number of ether oxygens (including phenoxy) is 1. The molecule has 1 aliphatic heterocycles. The first-order valence-electron chi connectivity index (χ1n) is 11.3. The summed E-state index contributed by atoms with van der Waals surface area (Å²) in [4.78, 5) is 7.93. The van der Waals surface area contributed by atoms with Crippen molar-refractivity contribution in [1.82, 2.24) is 24.5 Å². The first-order chi connectivity index (χ1) is 16.4. The van der Waals surface area contributed by atoms with Gasteiger partial charge in [-0.05, 0) is 60.2 Å². The standard InChI is InChI=1S/C24H24FN5O3S/c1-3-13-9-22(33-2)18(25)10-17(13)14-4-7-16-19(8-14)28-29-23(16)24-26-20-11-30(12-21(20)27-24)34(31,32)15-5-6-15/h4,7-10,15H,3,5-6,11-12H2,1-2H3,(H,26,27)(H,28,29). The number of sulfonamides is 1. The minimum atomic E-state index is -3.23. The number of nitrogens with zero attached hydrogens (tertiary/aromatic N) is 3. The second-order valence-corrected chi connectivity index (χ2v) is 11.1. The smallest absolute Gasteiger partial charge is 0.217 e. The summed E-state index contributed by atoms with van der Waals surface area (Å²) in [6, 6.07) is 9.09. The first-order valence-corrected chi connectivity index (χ1v) is 12.8. The van der Waals surface area contributed by atoms with E-state index in [9.17, 15) is 12.8 Å². The van der Waals surface area contributed by atoms with Crippen molar-refractivity contribution in [1.29, 1.82) is 0 Å². The summed E-state index contributed by atoms with van der Waals surface area (Å²) in [6.45, 7) is 2.63. The van der Waals surface area contributed by atoms with Gasteiger partial charge in [0.15, 0.2) is 17.4 Å². The van der Waals surface area contributed by atoms with Gasteiger partial charge in [-0.15, -0.1) is 0 Å². The van der Waals surface area contributed by atoms with Crippen LogP contribution < -0.4 is 4.74 Å². The van der Waals surface area contributed by atoms with Crippen molar-refractivity contribution >= 4 is 20.9 Å². The van der Waals surface area contributed by atoms with Gasteiger partial charge in [0.05, 0.1) is 42.4 Å². The zero-order chi connectivity index (χ0) is 23.6. The molecule has 0 atom stereocenters. The van der Waals surface area contributed by atoms with Crippen LogP contribution in [0.25, 0.3) is 33.5 Å². The lowest BCUT2D eigenvalue weighted by Crippen LogP contribution is -2.29. The zero-order valence-electron chi connectivity index (χ0n) is 18.9. The monoisotopic (exact) mass is 481 g/mol. The van der Waals surface area contributed by atoms with E-state index in [1.807, 2.05) is 25.1 Å². The number of aromatic nitrogens is 4. The Morgan fingerprint density at radius 1 is 1.21 bits per heavy atom. The fraction of sp³-hybridized carbons (Fsp3) is 0.333. The number of benzene rings is 2. The molecule has 2 aliphatic rings. The highest BCUT2D eigenvalue weighted by atomic mass is 32.2. The van der Waals surface area contributed by atoms with Crippen LogP contribution in [0, 0.1) is 5.82 Å². The maximum Gasteiger partial charge on any atom is 0.217 e. The molecule has 0 amide bonds. The third-order valence-electron chi connectivity index (χ3n) is 6.69. The Labute approximate surface area is 196 Å². The number of hydrogen-bond donors (Lipinski definition) is 2. The fourth-order valence-corrected chi connectivity index (χ4v) is 6.42. The van der Waals surface area contributed by atoms with Gasteiger partial charge in [-0.3, -0.25) is 5.10 Å². The second kappa shape index (κ2) is 7.64. The number of fused-ring (bicyclic) bond motifs is 2. The molecule has 10 heteroatoms. The van der Waals surface area contributed by atoms with Crippen molar-refractivity contribution in [3.8, 4) is 28.4 Å². The highest BCUT2D eigenvalue weighted by molar-refractivity contribution is 7.90. The number of rotatable bonds is 6. The second-order valence-electron chi connectivity index (χ2n) is 8.85. The van der Waals surface area contributed by atoms with E-state index >= 15 is 0 Å². The van der Waals surface area contributed by atoms with E-state index in [1.54, 1.807) is 6.07 Å². The zero-order valence-corrected chi connectivity index (χ0v) is 19.7. The van der Waals surface area contributed by atoms with Crippen LogP contribution in [-0.2, 0) is 29.5 Å². The average Bonchev–Trinajstić information content (AvgIpc) is 3.33. The van der Waals surface area contributed by atoms with Crippen LogP contribution in [0.5, 0.6) is 5.75 Å². The SMILES string of the molecule is CCc1cc(OC)c(F)cc1-c1ccc2c(-c3nc4c([nH]3)CN(S(=O)(=O)C3CC3)C4)n[nH]c2c1. The Hall–Kier alpha value is -3.24. The van der Waals surface area contributed by atoms with Gasteiger partial charge in [-0.25, -0.2) is 17.8 Å². The van der Waals surface area contributed by atoms with Crippen molar-refractivity contribution in [3.05, 3.63) is 53.1 Å². The minimum absolute atomic E-state index is 0.229. The van der Waals surface area contributed by atoms with Crippen LogP contribution in [0.4, 0.5) is 4.39 Å². The molecule has 176 valence electrons. The predicted octanol–water partition coefficient (Wildman–Crippen LogP) is 4.14. The van der Waals surface area contributed by atoms with Crippen LogP contribution in [0.3, 0.4) is 0 Å². The molecule has 2 N–H and O–H groups in total. The third-order valence-corrected chi connectivity index (χ3v) is 8.98. The topological polar surface area (TPSA) is 104 Å². The number of aryl methyl sites for hydroxylation is 1. The van der Waals surface area contributed by atoms with Crippen molar-refractivity contribution in [2.24, 2.45) is 0 Å². The molecule has 3 heterocycles. The largest absolute Gasteiger partial charge is 0.494 e. The van der Waals surface area contributed by atoms with Gasteiger partial charge in [0.2, 0.25) is 10.0 Å². The molecule has 0 spiro atoms. The molecule has 1 saturated carbocycles. The maximum atomic E-state index is 14.4. The lowest BCUT2D eigenvalue weighted by atomic mass is 9.96. The molecule has 0 radical (unpaired) electrons. The van der Waals surface area contributed by atoms with E-state index in [2.05, 4.69) is 20.2 Å². The quantitative estimate of drug-likeness (QED) is 0.431. The van der Waals surface area contributed by atoms with Gasteiger partial charge in [0.25, 0.3) is 0 Å². The molecule has 0 bridgehead atoms. The molecule has 34 heavy (non-hydrogen) atoms. The lowest BCUT2D eigenvalue weighted by molar-refractivity contribution is 0.386. The molecule has 2 aromatic heterocycles. The minimum Gasteiger partial charge on any atom is -0.494 e. The summed E-state index contributed by atoms with van der Waals surface area (Å²) in [5.74, 6) is 0.444. The molecule has 2 aromatic carbocycles. The van der Waals surface area contributed by atoms with E-state index in [0.717, 1.165) is 58.2 Å². The van der Waals surface area contributed by atoms with Crippen LogP contribution in [0.2, 0.25) is 0 Å². The molecule has 1 aliphatic carbocycles. The maximum absolute atomic E-state index is 14.4. The Balaban J connectivity index is 1.32. The highest BCUT2D eigenvalue weighted by Gasteiger charge is 2.43. The molecule has 6 rings (SSSR count). The summed E-state index contributed by atoms with van der Waals surface area (Å²) in [5.41, 5.74) is 5.72. The molecule has 0 saturated heterocycles. The van der Waals surface area contributed by atoms with E-state index in [-0.39, 0.29) is 11.0 Å². The normalized spacial score (nSPS) is 16.3. The van der Waals surface area contributed by atoms with Gasteiger partial charge >= 0.3 is 0 Å². The van der Waals surface area contributed by atoms with Crippen LogP contribution in [0.15, 0.2) is 30.3 Å². The van der Waals surface area contributed by atoms with Crippen molar-refractivity contribution in [2.75, 3.05) is 7.11 Å². The fourth-order valence-electron chi connectivity index (χ4n) is 4.66. The Kier molecular flexibility index (Phi) is 4.79. The summed E-state index contributed by atoms with van der Waals surface area (Å²) < 4.78 is 46.1. The van der Waals surface area contributed by atoms with Crippen molar-refractivity contribution in [3.63, 3.8) is 0 Å². The summed E-state index contributed by atoms with van der Waals surface area (Å²) >= 11 is 0. The molecular weight excluding hydrogens is 457 g/mol. The van der Waals surface area contributed by atoms with Crippen LogP contribution in [-0.4, -0.2) is 45.2 Å². The number of methoxy groups -OCH3 is 1. The highest BCUT2D eigenvalue weighted by Crippen LogP contribution is 2.37. The Morgan fingerprint density at radius 2 is 2.03 bits per heavy atom. The molecule has 4 aromatic rings. The molecule has 0 unspecified atom stereocenters. The molecule has 8 nitrogen and oxygen atoms in total. The summed E-state index contributed by atoms with van der Waals surface area (Å²) in [7, 11) is -1.77. The summed E-state index contributed by atoms with van der Waals surface area (Å²) in [6.07, 6.45) is 2.23. The predicted molar refractivity (Wildman–Crippen MR) is 126 cm³/mol. The van der Waals surface area contributed by atoms with E-state index in [4.69, 9.17) is 4.74 Å². The van der Waals surface area contributed by atoms with Gasteiger partial charge in [-0.2, -0.15) is 9.40 Å². The van der Waals surface area contributed by atoms with Crippen LogP contribution in [0.1, 0.15) is 36.7 Å². The van der Waals surface area contributed by atoms with Gasteiger partial charge in [0.1, 0.15) is 5.69 Å². The van der Waals surface area contributed by atoms with Crippen LogP contribution >= 0.6 is 0 Å². The van der Waals surface area contributed by atoms with Gasteiger partial charge in [0, 0.05) is 5.39 Å². The molecular formula is C24H24FN5O3S. The molecule has 1 fully saturated rings. The van der Waals surface area contributed by atoms with E-state index in [0.29, 0.717) is 24.6 Å². The van der Waals surface area contributed by atoms with Gasteiger partial charge in [-0.1, -0.05) is 13.0 Å². The van der Waals surface area contributed by atoms with E-state index < -0.39 is 15.8 Å². The average molecular weight is 482 g/mol. The van der Waals surface area contributed by atoms with E-state index in [1.165, 1.54) is 17.5 Å². The lowest BCUT2D eigenvalue weighted by Gasteiger charge is -2.14. The van der Waals surface area contributed by atoms with Gasteiger partial charge < -0.3 is 9.72 Å². The number of aromatic amines is 2. The Bertz CT molecular complexity index is 1510. The third kappa shape index (κ3) is 3.32. The summed E-state index contributed by atoms with van der Waals surface area (Å²) in [5, 5.41) is 8.17.